The molecule has 0 bridgehead atoms. The minimum absolute atomic E-state index is 0.128. The van der Waals surface area contributed by atoms with Crippen LogP contribution in [0.3, 0.4) is 0 Å². The maximum absolute atomic E-state index is 12.5. The Morgan fingerprint density at radius 2 is 1.87 bits per heavy atom. The maximum atomic E-state index is 12.5. The molecule has 1 heterocycles. The van der Waals surface area contributed by atoms with Gasteiger partial charge in [-0.2, -0.15) is 0 Å². The van der Waals surface area contributed by atoms with Gasteiger partial charge in [0.1, 0.15) is 0 Å². The van der Waals surface area contributed by atoms with Gasteiger partial charge in [-0.05, 0) is 61.0 Å². The van der Waals surface area contributed by atoms with Gasteiger partial charge in [-0.3, -0.25) is 9.52 Å². The smallest absolute Gasteiger partial charge is 0.261 e. The summed E-state index contributed by atoms with van der Waals surface area (Å²) < 4.78 is 33.7. The van der Waals surface area contributed by atoms with E-state index >= 15 is 0 Å². The van der Waals surface area contributed by atoms with Crippen molar-refractivity contribution in [2.75, 3.05) is 11.3 Å². The fourth-order valence-electron chi connectivity index (χ4n) is 2.62. The van der Waals surface area contributed by atoms with Crippen LogP contribution in [0.2, 0.25) is 0 Å². The minimum atomic E-state index is -3.76. The van der Waals surface area contributed by atoms with Gasteiger partial charge < -0.3 is 10.1 Å². The predicted molar refractivity (Wildman–Crippen MR) is 118 cm³/mol. The van der Waals surface area contributed by atoms with Crippen LogP contribution in [0.15, 0.2) is 76.2 Å². The van der Waals surface area contributed by atoms with Gasteiger partial charge in [-0.15, -0.1) is 0 Å². The van der Waals surface area contributed by atoms with Crippen LogP contribution in [0.25, 0.3) is 0 Å². The first-order valence-electron chi connectivity index (χ1n) is 9.12. The number of nitrogens with zero attached hydrogens (tertiary/aromatic N) is 1. The molecular formula is C21H20BrN3O4S. The lowest BCUT2D eigenvalue weighted by molar-refractivity contribution is 0.0951. The standard InChI is InChI=1S/C21H20BrN3O4S/c1-2-29-20-12-15(10-11-23-20)14-24-21(26)16-4-3-5-18(13-16)25-30(27,28)19-8-6-17(22)7-9-19/h3-13,25H,2,14H2,1H3,(H,24,26). The zero-order valence-electron chi connectivity index (χ0n) is 16.1. The van der Waals surface area contributed by atoms with Crippen molar-refractivity contribution in [1.82, 2.24) is 10.3 Å². The van der Waals surface area contributed by atoms with E-state index in [1.807, 2.05) is 6.92 Å². The molecule has 9 heteroatoms. The molecular weight excluding hydrogens is 470 g/mol. The first-order chi connectivity index (χ1) is 14.4. The number of nitrogens with one attached hydrogen (secondary N) is 2. The number of rotatable bonds is 8. The lowest BCUT2D eigenvalue weighted by Gasteiger charge is -2.10. The lowest BCUT2D eigenvalue weighted by atomic mass is 10.2. The minimum Gasteiger partial charge on any atom is -0.478 e. The van der Waals surface area contributed by atoms with E-state index in [-0.39, 0.29) is 17.3 Å². The van der Waals surface area contributed by atoms with Crippen LogP contribution < -0.4 is 14.8 Å². The monoisotopic (exact) mass is 489 g/mol. The summed E-state index contributed by atoms with van der Waals surface area (Å²) in [4.78, 5) is 16.7. The van der Waals surface area contributed by atoms with E-state index in [1.54, 1.807) is 48.7 Å². The van der Waals surface area contributed by atoms with Crippen LogP contribution in [-0.2, 0) is 16.6 Å². The number of pyridine rings is 1. The predicted octanol–water partition coefficient (Wildman–Crippen LogP) is 3.97. The molecule has 0 aliphatic carbocycles. The van der Waals surface area contributed by atoms with Crippen LogP contribution in [0.5, 0.6) is 5.88 Å². The van der Waals surface area contributed by atoms with E-state index in [0.717, 1.165) is 10.0 Å². The summed E-state index contributed by atoms with van der Waals surface area (Å²) >= 11 is 3.28. The Morgan fingerprint density at radius 1 is 1.10 bits per heavy atom. The van der Waals surface area contributed by atoms with Gasteiger partial charge in [-0.1, -0.05) is 22.0 Å². The van der Waals surface area contributed by atoms with Crippen molar-refractivity contribution < 1.29 is 17.9 Å². The van der Waals surface area contributed by atoms with Gasteiger partial charge in [0.15, 0.2) is 0 Å². The molecule has 0 aliphatic heterocycles. The highest BCUT2D eigenvalue weighted by Crippen LogP contribution is 2.19. The van der Waals surface area contributed by atoms with Gasteiger partial charge in [0.25, 0.3) is 15.9 Å². The highest BCUT2D eigenvalue weighted by atomic mass is 79.9. The lowest BCUT2D eigenvalue weighted by Crippen LogP contribution is -2.23. The van der Waals surface area contributed by atoms with Crippen LogP contribution >= 0.6 is 15.9 Å². The number of hydrogen-bond acceptors (Lipinski definition) is 5. The van der Waals surface area contributed by atoms with Crippen LogP contribution in [0.1, 0.15) is 22.8 Å². The number of halogens is 1. The molecule has 1 amide bonds. The Balaban J connectivity index is 1.68. The van der Waals surface area contributed by atoms with E-state index in [0.29, 0.717) is 23.7 Å². The number of anilines is 1. The molecule has 30 heavy (non-hydrogen) atoms. The molecule has 0 atom stereocenters. The molecule has 2 aromatic carbocycles. The summed E-state index contributed by atoms with van der Waals surface area (Å²) in [5.41, 5.74) is 1.48. The highest BCUT2D eigenvalue weighted by molar-refractivity contribution is 9.10. The van der Waals surface area contributed by atoms with Crippen molar-refractivity contribution in [2.24, 2.45) is 0 Å². The third kappa shape index (κ3) is 5.80. The molecule has 3 aromatic rings. The molecule has 0 saturated heterocycles. The largest absolute Gasteiger partial charge is 0.478 e. The molecule has 0 fully saturated rings. The Morgan fingerprint density at radius 3 is 2.60 bits per heavy atom. The second-order valence-corrected chi connectivity index (χ2v) is 8.86. The highest BCUT2D eigenvalue weighted by Gasteiger charge is 2.15. The van der Waals surface area contributed by atoms with Crippen molar-refractivity contribution in [1.29, 1.82) is 0 Å². The van der Waals surface area contributed by atoms with E-state index in [1.165, 1.54) is 18.2 Å². The number of benzene rings is 2. The van der Waals surface area contributed by atoms with E-state index in [9.17, 15) is 13.2 Å². The summed E-state index contributed by atoms with van der Waals surface area (Å²) in [5.74, 6) is 0.169. The third-order valence-electron chi connectivity index (χ3n) is 4.05. The first kappa shape index (κ1) is 21.8. The number of ether oxygens (including phenoxy) is 1. The molecule has 0 radical (unpaired) electrons. The normalized spacial score (nSPS) is 11.0. The average Bonchev–Trinajstić information content (AvgIpc) is 2.73. The van der Waals surface area contributed by atoms with Crippen molar-refractivity contribution in [3.63, 3.8) is 0 Å². The fraction of sp³-hybridized carbons (Fsp3) is 0.143. The summed E-state index contributed by atoms with van der Waals surface area (Å²) in [7, 11) is -3.76. The third-order valence-corrected chi connectivity index (χ3v) is 5.97. The van der Waals surface area contributed by atoms with Crippen molar-refractivity contribution in [2.45, 2.75) is 18.4 Å². The molecule has 0 unspecified atom stereocenters. The SMILES string of the molecule is CCOc1cc(CNC(=O)c2cccc(NS(=O)(=O)c3ccc(Br)cc3)c2)ccn1. The molecule has 3 rings (SSSR count). The van der Waals surface area contributed by atoms with E-state index in [2.05, 4.69) is 31.0 Å². The second-order valence-electron chi connectivity index (χ2n) is 6.26. The molecule has 1 aromatic heterocycles. The van der Waals surface area contributed by atoms with Gasteiger partial charge in [0.2, 0.25) is 5.88 Å². The Hall–Kier alpha value is -2.91. The van der Waals surface area contributed by atoms with Gasteiger partial charge in [0.05, 0.1) is 11.5 Å². The number of carbonyl (C=O) groups excluding carboxylic acids is 1. The quantitative estimate of drug-likeness (QED) is 0.498. The van der Waals surface area contributed by atoms with Crippen molar-refractivity contribution in [3.05, 3.63) is 82.5 Å². The Labute approximate surface area is 183 Å². The molecule has 2 N–H and O–H groups in total. The summed E-state index contributed by atoms with van der Waals surface area (Å²) in [6, 6.07) is 16.1. The van der Waals surface area contributed by atoms with Crippen LogP contribution in [-0.4, -0.2) is 25.9 Å². The number of amides is 1. The van der Waals surface area contributed by atoms with Crippen molar-refractivity contribution in [3.8, 4) is 5.88 Å². The first-order valence-corrected chi connectivity index (χ1v) is 11.4. The van der Waals surface area contributed by atoms with E-state index in [4.69, 9.17) is 4.74 Å². The number of sulfonamides is 1. The Kier molecular flexibility index (Phi) is 7.07. The zero-order valence-corrected chi connectivity index (χ0v) is 18.5. The molecule has 156 valence electrons. The summed E-state index contributed by atoms with van der Waals surface area (Å²) in [6.45, 7) is 2.66. The van der Waals surface area contributed by atoms with Gasteiger partial charge in [-0.25, -0.2) is 13.4 Å². The number of aromatic nitrogens is 1. The number of hydrogen-bond donors (Lipinski definition) is 2. The zero-order chi connectivity index (χ0) is 21.6. The summed E-state index contributed by atoms with van der Waals surface area (Å²) in [6.07, 6.45) is 1.62. The molecule has 0 spiro atoms. The average molecular weight is 490 g/mol. The van der Waals surface area contributed by atoms with Crippen molar-refractivity contribution >= 4 is 37.5 Å². The second kappa shape index (κ2) is 9.73. The Bertz CT molecular complexity index is 1130. The molecule has 7 nitrogen and oxygen atoms in total. The topological polar surface area (TPSA) is 97.4 Å². The maximum Gasteiger partial charge on any atom is 0.261 e. The fourth-order valence-corrected chi connectivity index (χ4v) is 3.94. The number of carbonyl (C=O) groups is 1. The molecule has 0 aliphatic rings. The van der Waals surface area contributed by atoms with Crippen LogP contribution in [0.4, 0.5) is 5.69 Å². The van der Waals surface area contributed by atoms with E-state index < -0.39 is 10.0 Å². The van der Waals surface area contributed by atoms with Gasteiger partial charge >= 0.3 is 0 Å². The summed E-state index contributed by atoms with van der Waals surface area (Å²) in [5, 5.41) is 2.81. The molecule has 0 saturated carbocycles. The van der Waals surface area contributed by atoms with Crippen LogP contribution in [0, 0.1) is 0 Å². The van der Waals surface area contributed by atoms with Gasteiger partial charge in [0, 0.05) is 34.5 Å².